The third kappa shape index (κ3) is 29.3. The molecule has 9 atom stereocenters. The summed E-state index contributed by atoms with van der Waals surface area (Å²) < 4.78 is 31.3. The van der Waals surface area contributed by atoms with Gasteiger partial charge in [-0.05, 0) is 117 Å². The minimum atomic E-state index is -0.821. The van der Waals surface area contributed by atoms with E-state index in [1.54, 1.807) is 20.8 Å². The number of nitrogens with zero attached hydrogens (tertiary/aromatic N) is 2. The van der Waals surface area contributed by atoms with Crippen molar-refractivity contribution in [3.8, 4) is 0 Å². The average molecular weight is 1430 g/mol. The van der Waals surface area contributed by atoms with Crippen molar-refractivity contribution in [2.45, 2.75) is 207 Å². The van der Waals surface area contributed by atoms with Crippen LogP contribution in [-0.2, 0) is 62.0 Å². The highest BCUT2D eigenvalue weighted by Gasteiger charge is 2.41. The SMILES string of the molecule is CCCCOC1C2=CCC[C@@H]1C(=O)NCCNCCNC(=O)[C@@H]1CCC=C(C(=O)NCCN(CCN3CCNC(=O)C4=CCC[C@@H](C(=O)NCCNCCNC(=O)[C@H]5CCC=C(C(=O)NC(CCCCNC(=O)OC(C)(C)C)C3)C5OCCCC)C4OCCCC)CCNC2=O)C1OCCCC. The minimum absolute atomic E-state index is 0.157. The number of unbranched alkanes of at least 4 members (excludes halogenated alkanes) is 5. The Morgan fingerprint density at radius 1 is 0.431 bits per heavy atom. The Labute approximate surface area is 607 Å². The second kappa shape index (κ2) is 47.2. The van der Waals surface area contributed by atoms with Crippen molar-refractivity contribution >= 4 is 53.4 Å². The Morgan fingerprint density at radius 3 is 1.11 bits per heavy atom. The molecule has 9 amide bonds. The summed E-state index contributed by atoms with van der Waals surface area (Å²) in [7, 11) is 0. The van der Waals surface area contributed by atoms with Crippen LogP contribution in [0.1, 0.15) is 170 Å². The van der Waals surface area contributed by atoms with Gasteiger partial charge in [-0.3, -0.25) is 48.2 Å². The molecular weight excluding hydrogens is 1310 g/mol. The van der Waals surface area contributed by atoms with Crippen LogP contribution >= 0.6 is 0 Å². The van der Waals surface area contributed by atoms with Crippen LogP contribution in [0.5, 0.6) is 0 Å². The summed E-state index contributed by atoms with van der Waals surface area (Å²) in [4.78, 5) is 132. The molecule has 0 aromatic rings. The Balaban J connectivity index is 1.36. The number of amides is 9. The molecule has 0 spiro atoms. The lowest BCUT2D eigenvalue weighted by Crippen LogP contribution is -2.51. The fraction of sp³-hybridized carbons (Fsp3) is 0.773. The van der Waals surface area contributed by atoms with Crippen molar-refractivity contribution in [3.63, 3.8) is 0 Å². The Morgan fingerprint density at radius 2 is 0.765 bits per heavy atom. The summed E-state index contributed by atoms with van der Waals surface area (Å²) in [6, 6.07) is -0.523. The van der Waals surface area contributed by atoms with E-state index < -0.39 is 65.8 Å². The second-order valence-corrected chi connectivity index (χ2v) is 28.6. The van der Waals surface area contributed by atoms with Crippen molar-refractivity contribution in [3.05, 3.63) is 46.6 Å². The molecule has 8 bridgehead atoms. The van der Waals surface area contributed by atoms with E-state index in [9.17, 15) is 38.4 Å². The number of hydrogen-bond donors (Lipinski definition) is 11. The quantitative estimate of drug-likeness (QED) is 0.0611. The Hall–Kier alpha value is -6.33. The fourth-order valence-corrected chi connectivity index (χ4v) is 13.7. The monoisotopic (exact) mass is 1430 g/mol. The number of ether oxygens (including phenoxy) is 5. The first kappa shape index (κ1) is 84.6. The lowest BCUT2D eigenvalue weighted by atomic mass is 9.84. The van der Waals surface area contributed by atoms with E-state index in [-0.39, 0.29) is 73.4 Å². The molecule has 2 saturated heterocycles. The number of allylic oxidation sites excluding steroid dienone is 4. The third-order valence-electron chi connectivity index (χ3n) is 19.4. The molecule has 576 valence electrons. The first-order valence-corrected chi connectivity index (χ1v) is 38.7. The highest BCUT2D eigenvalue weighted by Crippen LogP contribution is 2.33. The first-order chi connectivity index (χ1) is 49.4. The molecule has 27 nitrogen and oxygen atoms in total. The molecule has 6 rings (SSSR count). The number of alkyl carbamates (subject to hydrolysis) is 1. The van der Waals surface area contributed by atoms with Gasteiger partial charge in [0.2, 0.25) is 47.3 Å². The maximum absolute atomic E-state index is 15.2. The van der Waals surface area contributed by atoms with Crippen LogP contribution in [0.3, 0.4) is 0 Å². The first-order valence-electron chi connectivity index (χ1n) is 38.7. The smallest absolute Gasteiger partial charge is 0.407 e. The maximum atomic E-state index is 15.2. The fourth-order valence-electron chi connectivity index (χ4n) is 13.7. The molecule has 6 aliphatic rings. The van der Waals surface area contributed by atoms with Crippen LogP contribution < -0.4 is 58.5 Å². The predicted molar refractivity (Wildman–Crippen MR) is 392 cm³/mol. The number of fused-ring (bicyclic) bond motifs is 8. The highest BCUT2D eigenvalue weighted by molar-refractivity contribution is 5.98. The number of nitrogens with one attached hydrogen (secondary N) is 11. The molecule has 0 saturated carbocycles. The lowest BCUT2D eigenvalue weighted by molar-refractivity contribution is -0.132. The van der Waals surface area contributed by atoms with Crippen LogP contribution in [0.15, 0.2) is 46.6 Å². The van der Waals surface area contributed by atoms with E-state index in [2.05, 4.69) is 96.0 Å². The molecule has 5 unspecified atom stereocenters. The minimum Gasteiger partial charge on any atom is -0.444 e. The standard InChI is InChI=1S/C75H127N13O14/c1-8-12-48-98-62-54-23-18-26-57(62)70(93)82-40-43-87(44-41-83-71(94)58-27-19-24-55(63(58)99-49-13-9-2)67(90)79-37-33-76-32-36-78-66(54)89)46-47-88-45-42-84-72(95)59-28-20-25-56(64(59)100-50-14-10-3)68(91)80-38-34-77-35-39-81-69(92)60-29-21-30-61(65(60)101-51-15-11-4)73(96)86-53(52-88)22-16-17-31-85-74(97)102-75(5,6)7/h26-28,30,53-56,60,62-65,76-77H,8-25,29,31-52H2,1-7H3,(H,78,89)(H,79,90)(H,80,91)(H,81,92)(H,82,93)(H,83,94)(H,84,95)(H,85,97)(H,86,96)/t53?,54-,55+,56-,60+,62?,63?,64?,65?/m1/s1. The van der Waals surface area contributed by atoms with Gasteiger partial charge in [-0.1, -0.05) is 77.7 Å². The van der Waals surface area contributed by atoms with Crippen molar-refractivity contribution in [1.29, 1.82) is 0 Å². The van der Waals surface area contributed by atoms with Gasteiger partial charge in [-0.25, -0.2) is 4.79 Å². The summed E-state index contributed by atoms with van der Waals surface area (Å²) in [6.07, 6.45) is 15.8. The molecule has 0 radical (unpaired) electrons. The van der Waals surface area contributed by atoms with Gasteiger partial charge >= 0.3 is 6.09 Å². The van der Waals surface area contributed by atoms with E-state index in [1.807, 2.05) is 24.3 Å². The van der Waals surface area contributed by atoms with Crippen LogP contribution in [0, 0.1) is 23.7 Å². The van der Waals surface area contributed by atoms with Crippen LogP contribution in [0.2, 0.25) is 0 Å². The van der Waals surface area contributed by atoms with E-state index in [0.717, 1.165) is 51.4 Å². The molecule has 2 heterocycles. The molecule has 102 heavy (non-hydrogen) atoms. The number of carbonyl (C=O) groups excluding carboxylic acids is 9. The number of carbonyl (C=O) groups is 9. The average Bonchev–Trinajstić information content (AvgIpc) is 0.842. The predicted octanol–water partition coefficient (Wildman–Crippen LogP) is 3.88. The Bertz CT molecular complexity index is 2700. The van der Waals surface area contributed by atoms with E-state index in [4.69, 9.17) is 23.7 Å². The van der Waals surface area contributed by atoms with Gasteiger partial charge in [-0.2, -0.15) is 0 Å². The summed E-state index contributed by atoms with van der Waals surface area (Å²) in [6.45, 7) is 20.9. The van der Waals surface area contributed by atoms with E-state index >= 15 is 4.79 Å². The molecule has 11 N–H and O–H groups in total. The van der Waals surface area contributed by atoms with Crippen molar-refractivity contribution in [2.24, 2.45) is 23.7 Å². The van der Waals surface area contributed by atoms with Gasteiger partial charge in [0.05, 0.1) is 48.1 Å². The van der Waals surface area contributed by atoms with Gasteiger partial charge in [0.1, 0.15) is 5.60 Å². The zero-order valence-corrected chi connectivity index (χ0v) is 62.6. The molecule has 0 aromatic carbocycles. The molecular formula is C75H127N13O14. The summed E-state index contributed by atoms with van der Waals surface area (Å²) in [5, 5.41) is 34.6. The molecule has 2 fully saturated rings. The zero-order chi connectivity index (χ0) is 73.5. The zero-order valence-electron chi connectivity index (χ0n) is 62.6. The Kier molecular flexibility index (Phi) is 39.1. The van der Waals surface area contributed by atoms with Gasteiger partial charge in [0.25, 0.3) is 0 Å². The van der Waals surface area contributed by atoms with E-state index in [0.29, 0.717) is 211 Å². The van der Waals surface area contributed by atoms with Gasteiger partial charge < -0.3 is 82.2 Å². The van der Waals surface area contributed by atoms with Gasteiger partial charge in [0.15, 0.2) is 0 Å². The van der Waals surface area contributed by atoms with E-state index in [1.165, 1.54) is 0 Å². The van der Waals surface area contributed by atoms with Gasteiger partial charge in [0, 0.05) is 173 Å². The van der Waals surface area contributed by atoms with Crippen LogP contribution in [-0.4, -0.2) is 243 Å². The normalized spacial score (nSPS) is 26.4. The summed E-state index contributed by atoms with van der Waals surface area (Å²) in [5.41, 5.74) is 0.876. The number of hydrogen-bond acceptors (Lipinski definition) is 18. The lowest BCUT2D eigenvalue weighted by Gasteiger charge is -2.34. The van der Waals surface area contributed by atoms with Crippen LogP contribution in [0.4, 0.5) is 4.79 Å². The molecule has 4 aliphatic carbocycles. The van der Waals surface area contributed by atoms with Crippen molar-refractivity contribution in [2.75, 3.05) is 144 Å². The maximum Gasteiger partial charge on any atom is 0.407 e. The second-order valence-electron chi connectivity index (χ2n) is 28.6. The molecule has 0 aromatic heterocycles. The molecule has 27 heteroatoms. The molecule has 2 aliphatic heterocycles. The summed E-state index contributed by atoms with van der Waals surface area (Å²) >= 11 is 0. The topological polar surface area (TPSA) is 339 Å². The third-order valence-corrected chi connectivity index (χ3v) is 19.4. The largest absolute Gasteiger partial charge is 0.444 e. The van der Waals surface area contributed by atoms with Crippen molar-refractivity contribution < 1.29 is 66.8 Å². The van der Waals surface area contributed by atoms with Crippen molar-refractivity contribution in [1.82, 2.24) is 68.3 Å². The summed E-state index contributed by atoms with van der Waals surface area (Å²) in [5.74, 6) is -4.67. The van der Waals surface area contributed by atoms with Crippen LogP contribution in [0.25, 0.3) is 0 Å². The number of rotatable bonds is 24. The van der Waals surface area contributed by atoms with Gasteiger partial charge in [-0.15, -0.1) is 0 Å². The highest BCUT2D eigenvalue weighted by atomic mass is 16.6.